The highest BCUT2D eigenvalue weighted by atomic mass is 32.2. The van der Waals surface area contributed by atoms with E-state index in [1.807, 2.05) is 63.8 Å². The monoisotopic (exact) mass is 508 g/mol. The molecule has 4 aromatic rings. The number of anilines is 1. The van der Waals surface area contributed by atoms with Gasteiger partial charge in [-0.1, -0.05) is 25.2 Å². The number of aryl methyl sites for hydroxylation is 1. The van der Waals surface area contributed by atoms with E-state index in [0.29, 0.717) is 11.1 Å². The van der Waals surface area contributed by atoms with Gasteiger partial charge in [-0.2, -0.15) is 0 Å². The second-order valence-electron chi connectivity index (χ2n) is 8.30. The zero-order valence-corrected chi connectivity index (χ0v) is 22.6. The van der Waals surface area contributed by atoms with Crippen molar-refractivity contribution in [2.75, 3.05) is 24.2 Å². The number of piperidine rings is 1. The van der Waals surface area contributed by atoms with Crippen LogP contribution in [0.2, 0.25) is 0 Å². The molecule has 0 bridgehead atoms. The van der Waals surface area contributed by atoms with Crippen LogP contribution in [0.3, 0.4) is 0 Å². The Bertz CT molecular complexity index is 1220. The molecular formula is C26H32N6OS2. The van der Waals surface area contributed by atoms with E-state index in [1.165, 1.54) is 11.3 Å². The molecule has 184 valence electrons. The van der Waals surface area contributed by atoms with Crippen molar-refractivity contribution in [3.8, 4) is 16.5 Å². The first-order chi connectivity index (χ1) is 17.1. The van der Waals surface area contributed by atoms with E-state index in [-0.39, 0.29) is 6.10 Å². The SMILES string of the molecule is CC.CSc1ccc(-c2ccc3nc(OC(C)C4CCN(c5ncc(C)cn5)CC4)sc3n2)cn1. The number of nitrogens with zero attached hydrogens (tertiary/aromatic N) is 6. The van der Waals surface area contributed by atoms with Gasteiger partial charge in [0.1, 0.15) is 16.5 Å². The molecule has 4 aromatic heterocycles. The molecular weight excluding hydrogens is 476 g/mol. The standard InChI is InChI=1S/C24H26N6OS2.C2H6/c1-15-12-26-23(27-13-15)30-10-8-17(9-11-30)16(2)31-24-29-20-6-5-19(28-22(20)33-24)18-4-7-21(32-3)25-14-18;1-2/h4-7,12-14,16-17H,8-11H2,1-3H3;1-2H3. The molecule has 0 aliphatic carbocycles. The van der Waals surface area contributed by atoms with Gasteiger partial charge in [0.15, 0.2) is 0 Å². The highest BCUT2D eigenvalue weighted by molar-refractivity contribution is 7.98. The Morgan fingerprint density at radius 2 is 1.74 bits per heavy atom. The van der Waals surface area contributed by atoms with Gasteiger partial charge >= 0.3 is 0 Å². The summed E-state index contributed by atoms with van der Waals surface area (Å²) in [6, 6.07) is 8.08. The predicted molar refractivity (Wildman–Crippen MR) is 146 cm³/mol. The van der Waals surface area contributed by atoms with Gasteiger partial charge < -0.3 is 9.64 Å². The van der Waals surface area contributed by atoms with Crippen molar-refractivity contribution in [3.63, 3.8) is 0 Å². The van der Waals surface area contributed by atoms with Crippen LogP contribution in [-0.4, -0.2) is 50.4 Å². The molecule has 0 saturated carbocycles. The molecule has 5 heterocycles. The summed E-state index contributed by atoms with van der Waals surface area (Å²) in [6.45, 7) is 10.0. The van der Waals surface area contributed by atoms with Crippen molar-refractivity contribution in [2.24, 2.45) is 5.92 Å². The summed E-state index contributed by atoms with van der Waals surface area (Å²) in [6.07, 6.45) is 9.83. The molecule has 9 heteroatoms. The summed E-state index contributed by atoms with van der Waals surface area (Å²) in [7, 11) is 0. The van der Waals surface area contributed by atoms with Crippen molar-refractivity contribution in [1.29, 1.82) is 0 Å². The summed E-state index contributed by atoms with van der Waals surface area (Å²) in [5.74, 6) is 1.29. The highest BCUT2D eigenvalue weighted by Gasteiger charge is 2.27. The number of hydrogen-bond acceptors (Lipinski definition) is 9. The number of ether oxygens (including phenoxy) is 1. The lowest BCUT2D eigenvalue weighted by Crippen LogP contribution is -2.39. The van der Waals surface area contributed by atoms with Gasteiger partial charge in [0.05, 0.1) is 10.7 Å². The Balaban J connectivity index is 0.00000141. The van der Waals surface area contributed by atoms with Crippen LogP contribution in [0.4, 0.5) is 5.95 Å². The molecule has 35 heavy (non-hydrogen) atoms. The maximum Gasteiger partial charge on any atom is 0.276 e. The molecule has 0 spiro atoms. The molecule has 1 atom stereocenters. The first-order valence-corrected chi connectivity index (χ1v) is 14.1. The van der Waals surface area contributed by atoms with Crippen LogP contribution >= 0.6 is 23.1 Å². The van der Waals surface area contributed by atoms with Crippen LogP contribution in [0.1, 0.15) is 39.2 Å². The highest BCUT2D eigenvalue weighted by Crippen LogP contribution is 2.32. The average molecular weight is 509 g/mol. The van der Waals surface area contributed by atoms with Crippen molar-refractivity contribution in [3.05, 3.63) is 48.4 Å². The Hall–Kier alpha value is -2.78. The first kappa shape index (κ1) is 25.3. The number of pyridine rings is 2. The molecule has 1 unspecified atom stereocenters. The van der Waals surface area contributed by atoms with Gasteiger partial charge in [0.25, 0.3) is 5.19 Å². The van der Waals surface area contributed by atoms with Gasteiger partial charge in [0.2, 0.25) is 5.95 Å². The third-order valence-electron chi connectivity index (χ3n) is 6.02. The van der Waals surface area contributed by atoms with Crippen LogP contribution < -0.4 is 9.64 Å². The molecule has 0 aromatic carbocycles. The lowest BCUT2D eigenvalue weighted by molar-refractivity contribution is 0.132. The van der Waals surface area contributed by atoms with Gasteiger partial charge in [-0.05, 0) is 68.7 Å². The number of hydrogen-bond donors (Lipinski definition) is 0. The van der Waals surface area contributed by atoms with E-state index >= 15 is 0 Å². The second kappa shape index (κ2) is 11.8. The van der Waals surface area contributed by atoms with Crippen LogP contribution in [-0.2, 0) is 0 Å². The maximum absolute atomic E-state index is 6.27. The van der Waals surface area contributed by atoms with E-state index in [1.54, 1.807) is 11.8 Å². The van der Waals surface area contributed by atoms with Gasteiger partial charge in [0, 0.05) is 37.2 Å². The summed E-state index contributed by atoms with van der Waals surface area (Å²) in [4.78, 5) is 26.0. The maximum atomic E-state index is 6.27. The molecule has 1 aliphatic heterocycles. The minimum absolute atomic E-state index is 0.0920. The summed E-state index contributed by atoms with van der Waals surface area (Å²) in [5, 5.41) is 1.68. The second-order valence-corrected chi connectivity index (χ2v) is 10.1. The fourth-order valence-corrected chi connectivity index (χ4v) is 5.27. The zero-order valence-electron chi connectivity index (χ0n) is 20.9. The van der Waals surface area contributed by atoms with E-state index in [9.17, 15) is 0 Å². The van der Waals surface area contributed by atoms with Gasteiger partial charge in [-0.3, -0.25) is 0 Å². The normalized spacial score (nSPS) is 14.9. The molecule has 0 radical (unpaired) electrons. The van der Waals surface area contributed by atoms with Crippen molar-refractivity contribution < 1.29 is 4.74 Å². The zero-order chi connectivity index (χ0) is 24.8. The largest absolute Gasteiger partial charge is 0.467 e. The minimum Gasteiger partial charge on any atom is -0.467 e. The lowest BCUT2D eigenvalue weighted by atomic mass is 9.92. The number of thioether (sulfide) groups is 1. The number of fused-ring (bicyclic) bond motifs is 1. The number of aromatic nitrogens is 5. The lowest BCUT2D eigenvalue weighted by Gasteiger charge is -2.34. The van der Waals surface area contributed by atoms with Crippen molar-refractivity contribution >= 4 is 39.4 Å². The van der Waals surface area contributed by atoms with E-state index in [0.717, 1.165) is 64.1 Å². The molecule has 1 fully saturated rings. The van der Waals surface area contributed by atoms with Gasteiger partial charge in [-0.15, -0.1) is 11.8 Å². The topological polar surface area (TPSA) is 76.9 Å². The van der Waals surface area contributed by atoms with Crippen molar-refractivity contribution in [1.82, 2.24) is 24.9 Å². The minimum atomic E-state index is 0.0920. The molecule has 0 N–H and O–H groups in total. The average Bonchev–Trinajstić information content (AvgIpc) is 3.32. The summed E-state index contributed by atoms with van der Waals surface area (Å²) >= 11 is 3.14. The Kier molecular flexibility index (Phi) is 8.51. The van der Waals surface area contributed by atoms with Gasteiger partial charge in [-0.25, -0.2) is 24.9 Å². The summed E-state index contributed by atoms with van der Waals surface area (Å²) in [5.41, 5.74) is 3.85. The third-order valence-corrected chi connectivity index (χ3v) is 7.53. The fourth-order valence-electron chi connectivity index (χ4n) is 4.03. The quantitative estimate of drug-likeness (QED) is 0.282. The fraction of sp³-hybridized carbons (Fsp3) is 0.423. The molecule has 0 amide bonds. The number of rotatable bonds is 6. The first-order valence-electron chi connectivity index (χ1n) is 12.1. The Labute approximate surface area is 215 Å². The molecule has 5 rings (SSSR count). The predicted octanol–water partition coefficient (Wildman–Crippen LogP) is 6.28. The van der Waals surface area contributed by atoms with Crippen molar-refractivity contribution in [2.45, 2.75) is 51.7 Å². The molecule has 1 saturated heterocycles. The van der Waals surface area contributed by atoms with Crippen LogP contribution in [0.15, 0.2) is 47.9 Å². The Morgan fingerprint density at radius 3 is 2.40 bits per heavy atom. The van der Waals surface area contributed by atoms with E-state index in [4.69, 9.17) is 9.72 Å². The Morgan fingerprint density at radius 1 is 1.00 bits per heavy atom. The number of thiazole rings is 1. The van der Waals surface area contributed by atoms with E-state index in [2.05, 4.69) is 37.8 Å². The summed E-state index contributed by atoms with van der Waals surface area (Å²) < 4.78 is 6.27. The molecule has 1 aliphatic rings. The van der Waals surface area contributed by atoms with E-state index < -0.39 is 0 Å². The van der Waals surface area contributed by atoms with Crippen LogP contribution in [0.5, 0.6) is 5.19 Å². The van der Waals surface area contributed by atoms with Crippen LogP contribution in [0, 0.1) is 12.8 Å². The smallest absolute Gasteiger partial charge is 0.276 e. The van der Waals surface area contributed by atoms with Crippen LogP contribution in [0.25, 0.3) is 21.6 Å². The third kappa shape index (κ3) is 6.08. The molecule has 7 nitrogen and oxygen atoms in total.